The number of aliphatic carboxylic acids is 1. The zero-order valence-electron chi connectivity index (χ0n) is 10.5. The summed E-state index contributed by atoms with van der Waals surface area (Å²) in [6, 6.07) is 7.28. The Balaban J connectivity index is 2.76. The highest BCUT2D eigenvalue weighted by molar-refractivity contribution is 5.79. The van der Waals surface area contributed by atoms with E-state index in [-0.39, 0.29) is 19.0 Å². The van der Waals surface area contributed by atoms with Gasteiger partial charge in [0.25, 0.3) is 0 Å². The number of carbonyl (C=O) groups excluding carboxylic acids is 1. The van der Waals surface area contributed by atoms with Crippen LogP contribution in [0.2, 0.25) is 0 Å². The molecule has 18 heavy (non-hydrogen) atoms. The monoisotopic (exact) mass is 251 g/mol. The average molecular weight is 251 g/mol. The predicted octanol–water partition coefficient (Wildman–Crippen LogP) is 1.52. The Morgan fingerprint density at radius 1 is 1.39 bits per heavy atom. The number of ether oxygens (including phenoxy) is 1. The molecule has 0 atom stereocenters. The Morgan fingerprint density at radius 2 is 2.11 bits per heavy atom. The van der Waals surface area contributed by atoms with Crippen LogP contribution in [0.4, 0.5) is 0 Å². The van der Waals surface area contributed by atoms with Crippen LogP contribution in [0.15, 0.2) is 24.3 Å². The van der Waals surface area contributed by atoms with E-state index in [2.05, 4.69) is 0 Å². The molecule has 0 aliphatic heterocycles. The number of rotatable bonds is 6. The molecule has 5 heteroatoms. The molecule has 0 heterocycles. The molecule has 0 aliphatic rings. The third kappa shape index (κ3) is 4.45. The summed E-state index contributed by atoms with van der Waals surface area (Å²) in [5.41, 5.74) is 0.845. The molecule has 1 amide bonds. The highest BCUT2D eigenvalue weighted by atomic mass is 16.5. The average Bonchev–Trinajstić information content (AvgIpc) is 2.28. The molecule has 0 saturated carbocycles. The Hall–Kier alpha value is -2.04. The Labute approximate surface area is 106 Å². The SMILES string of the molecule is CCOc1cccc(CN(CC(=O)O)C(C)=O)c1. The van der Waals surface area contributed by atoms with Gasteiger partial charge in [-0.2, -0.15) is 0 Å². The molecular formula is C13H17NO4. The molecule has 1 N–H and O–H groups in total. The van der Waals surface area contributed by atoms with E-state index in [1.54, 1.807) is 6.07 Å². The van der Waals surface area contributed by atoms with Gasteiger partial charge >= 0.3 is 5.97 Å². The van der Waals surface area contributed by atoms with Gasteiger partial charge in [-0.3, -0.25) is 9.59 Å². The Kier molecular flexibility index (Phi) is 5.17. The van der Waals surface area contributed by atoms with Crippen LogP contribution in [0.5, 0.6) is 5.75 Å². The summed E-state index contributed by atoms with van der Waals surface area (Å²) in [5.74, 6) is -0.570. The van der Waals surface area contributed by atoms with Gasteiger partial charge in [-0.1, -0.05) is 12.1 Å². The van der Waals surface area contributed by atoms with Gasteiger partial charge in [-0.15, -0.1) is 0 Å². The highest BCUT2D eigenvalue weighted by Crippen LogP contribution is 2.15. The molecular weight excluding hydrogens is 234 g/mol. The first-order valence-corrected chi connectivity index (χ1v) is 5.72. The molecule has 1 aromatic rings. The predicted molar refractivity (Wildman–Crippen MR) is 66.3 cm³/mol. The van der Waals surface area contributed by atoms with Gasteiger partial charge in [0.15, 0.2) is 0 Å². The normalized spacial score (nSPS) is 9.89. The molecule has 0 bridgehead atoms. The van der Waals surface area contributed by atoms with Crippen LogP contribution in [-0.2, 0) is 16.1 Å². The fourth-order valence-electron chi connectivity index (χ4n) is 1.56. The van der Waals surface area contributed by atoms with Crippen molar-refractivity contribution >= 4 is 11.9 Å². The fourth-order valence-corrected chi connectivity index (χ4v) is 1.56. The summed E-state index contributed by atoms with van der Waals surface area (Å²) in [6.07, 6.45) is 0. The lowest BCUT2D eigenvalue weighted by Crippen LogP contribution is -2.33. The summed E-state index contributed by atoms with van der Waals surface area (Å²) < 4.78 is 5.35. The summed E-state index contributed by atoms with van der Waals surface area (Å²) >= 11 is 0. The van der Waals surface area contributed by atoms with Gasteiger partial charge in [0.05, 0.1) is 6.61 Å². The molecule has 5 nitrogen and oxygen atoms in total. The number of carboxylic acid groups (broad SMARTS) is 1. The van der Waals surface area contributed by atoms with Crippen LogP contribution in [0.3, 0.4) is 0 Å². The number of hydrogen-bond acceptors (Lipinski definition) is 3. The van der Waals surface area contributed by atoms with E-state index in [9.17, 15) is 9.59 Å². The van der Waals surface area contributed by atoms with Crippen molar-refractivity contribution in [2.24, 2.45) is 0 Å². The van der Waals surface area contributed by atoms with E-state index in [0.29, 0.717) is 12.4 Å². The lowest BCUT2D eigenvalue weighted by atomic mass is 10.2. The van der Waals surface area contributed by atoms with E-state index in [1.165, 1.54) is 11.8 Å². The summed E-state index contributed by atoms with van der Waals surface area (Å²) in [5, 5.41) is 8.73. The number of hydrogen-bond donors (Lipinski definition) is 1. The third-order valence-electron chi connectivity index (χ3n) is 2.35. The van der Waals surface area contributed by atoms with E-state index in [0.717, 1.165) is 5.56 Å². The van der Waals surface area contributed by atoms with E-state index in [1.807, 2.05) is 25.1 Å². The van der Waals surface area contributed by atoms with E-state index in [4.69, 9.17) is 9.84 Å². The molecule has 0 saturated heterocycles. The first-order chi connectivity index (χ1) is 8.52. The van der Waals surface area contributed by atoms with Crippen molar-refractivity contribution in [1.82, 2.24) is 4.90 Å². The fraction of sp³-hybridized carbons (Fsp3) is 0.385. The first kappa shape index (κ1) is 14.0. The second-order valence-electron chi connectivity index (χ2n) is 3.85. The molecule has 1 aromatic carbocycles. The minimum Gasteiger partial charge on any atom is -0.494 e. The maximum atomic E-state index is 11.3. The standard InChI is InChI=1S/C13H17NO4/c1-3-18-12-6-4-5-11(7-12)8-14(10(2)15)9-13(16)17/h4-7H,3,8-9H2,1-2H3,(H,16,17). The van der Waals surface area contributed by atoms with Crippen LogP contribution in [-0.4, -0.2) is 35.0 Å². The highest BCUT2D eigenvalue weighted by Gasteiger charge is 2.13. The summed E-state index contributed by atoms with van der Waals surface area (Å²) in [6.45, 7) is 3.78. The van der Waals surface area contributed by atoms with Crippen molar-refractivity contribution in [1.29, 1.82) is 0 Å². The third-order valence-corrected chi connectivity index (χ3v) is 2.35. The number of amides is 1. The number of benzene rings is 1. The zero-order valence-corrected chi connectivity index (χ0v) is 10.5. The van der Waals surface area contributed by atoms with Crippen molar-refractivity contribution in [3.05, 3.63) is 29.8 Å². The number of nitrogens with zero attached hydrogens (tertiary/aromatic N) is 1. The van der Waals surface area contributed by atoms with Crippen LogP contribution in [0.25, 0.3) is 0 Å². The lowest BCUT2D eigenvalue weighted by Gasteiger charge is -2.19. The van der Waals surface area contributed by atoms with Gasteiger partial charge < -0.3 is 14.7 Å². The Bertz CT molecular complexity index is 431. The lowest BCUT2D eigenvalue weighted by molar-refractivity contribution is -0.144. The zero-order chi connectivity index (χ0) is 13.5. The topological polar surface area (TPSA) is 66.8 Å². The minimum atomic E-state index is -1.02. The van der Waals surface area contributed by atoms with Crippen molar-refractivity contribution in [2.45, 2.75) is 20.4 Å². The second-order valence-corrected chi connectivity index (χ2v) is 3.85. The smallest absolute Gasteiger partial charge is 0.323 e. The van der Waals surface area contributed by atoms with Gasteiger partial charge in [0, 0.05) is 13.5 Å². The van der Waals surface area contributed by atoms with Crippen LogP contribution in [0, 0.1) is 0 Å². The molecule has 0 unspecified atom stereocenters. The van der Waals surface area contributed by atoms with Crippen molar-refractivity contribution in [3.8, 4) is 5.75 Å². The molecule has 0 fully saturated rings. The van der Waals surface area contributed by atoms with Crippen LogP contribution in [0.1, 0.15) is 19.4 Å². The first-order valence-electron chi connectivity index (χ1n) is 5.72. The summed E-state index contributed by atoms with van der Waals surface area (Å²) in [4.78, 5) is 23.3. The molecule has 1 rings (SSSR count). The van der Waals surface area contributed by atoms with Crippen molar-refractivity contribution < 1.29 is 19.4 Å². The Morgan fingerprint density at radius 3 is 2.67 bits per heavy atom. The molecule has 0 aromatic heterocycles. The van der Waals surface area contributed by atoms with Crippen LogP contribution < -0.4 is 4.74 Å². The van der Waals surface area contributed by atoms with Gasteiger partial charge in [-0.05, 0) is 24.6 Å². The van der Waals surface area contributed by atoms with Gasteiger partial charge in [0.2, 0.25) is 5.91 Å². The molecule has 0 aliphatic carbocycles. The quantitative estimate of drug-likeness (QED) is 0.832. The molecule has 0 radical (unpaired) electrons. The van der Waals surface area contributed by atoms with Gasteiger partial charge in [0.1, 0.15) is 12.3 Å². The summed E-state index contributed by atoms with van der Waals surface area (Å²) in [7, 11) is 0. The van der Waals surface area contributed by atoms with Crippen molar-refractivity contribution in [2.75, 3.05) is 13.2 Å². The number of carbonyl (C=O) groups is 2. The largest absolute Gasteiger partial charge is 0.494 e. The minimum absolute atomic E-state index is 0.265. The van der Waals surface area contributed by atoms with Crippen LogP contribution >= 0.6 is 0 Å². The number of carboxylic acids is 1. The second kappa shape index (κ2) is 6.64. The van der Waals surface area contributed by atoms with E-state index < -0.39 is 5.97 Å². The van der Waals surface area contributed by atoms with Crippen molar-refractivity contribution in [3.63, 3.8) is 0 Å². The maximum absolute atomic E-state index is 11.3. The van der Waals surface area contributed by atoms with Gasteiger partial charge in [-0.25, -0.2) is 0 Å². The molecule has 98 valence electrons. The molecule has 0 spiro atoms. The maximum Gasteiger partial charge on any atom is 0.323 e. The van der Waals surface area contributed by atoms with E-state index >= 15 is 0 Å².